The smallest absolute Gasteiger partial charge is 0.407 e. The van der Waals surface area contributed by atoms with Gasteiger partial charge in [-0.3, -0.25) is 19.3 Å². The number of phenols is 1. The maximum absolute atomic E-state index is 13.8. The summed E-state index contributed by atoms with van der Waals surface area (Å²) in [4.78, 5) is 52.4. The number of carbonyl (C=O) groups excluding carboxylic acids is 4. The Morgan fingerprint density at radius 3 is 2.50 bits per heavy atom. The van der Waals surface area contributed by atoms with Crippen molar-refractivity contribution in [2.75, 3.05) is 20.7 Å². The Kier molecular flexibility index (Phi) is 6.97. The van der Waals surface area contributed by atoms with E-state index in [-0.39, 0.29) is 42.9 Å². The number of nitrogens with zero attached hydrogens (tertiary/aromatic N) is 1. The van der Waals surface area contributed by atoms with E-state index in [0.29, 0.717) is 17.5 Å². The summed E-state index contributed by atoms with van der Waals surface area (Å²) in [6, 6.07) is 1.72. The monoisotopic (exact) mass is 529 g/mol. The van der Waals surface area contributed by atoms with Gasteiger partial charge in [0.15, 0.2) is 11.4 Å². The highest BCUT2D eigenvalue weighted by molar-refractivity contribution is 6.24. The molecule has 0 spiro atoms. The van der Waals surface area contributed by atoms with Crippen LogP contribution in [0.15, 0.2) is 29.0 Å². The van der Waals surface area contributed by atoms with E-state index in [0.717, 1.165) is 0 Å². The molecule has 1 saturated carbocycles. The number of aliphatic hydroxyl groups is 3. The van der Waals surface area contributed by atoms with Gasteiger partial charge in [-0.2, -0.15) is 0 Å². The Bertz CT molecular complexity index is 1300. The van der Waals surface area contributed by atoms with Crippen molar-refractivity contribution in [1.29, 1.82) is 0 Å². The van der Waals surface area contributed by atoms with Gasteiger partial charge in [-0.25, -0.2) is 4.79 Å². The lowest BCUT2D eigenvalue weighted by Gasteiger charge is -2.50. The lowest BCUT2D eigenvalue weighted by molar-refractivity contribution is -0.153. The van der Waals surface area contributed by atoms with Crippen molar-refractivity contribution in [3.05, 3.63) is 45.7 Å². The van der Waals surface area contributed by atoms with Gasteiger partial charge in [0.25, 0.3) is 5.91 Å². The van der Waals surface area contributed by atoms with Crippen LogP contribution in [0.4, 0.5) is 4.79 Å². The van der Waals surface area contributed by atoms with Gasteiger partial charge in [-0.1, -0.05) is 13.0 Å². The number of nitrogens with two attached hydrogens (primary N) is 1. The summed E-state index contributed by atoms with van der Waals surface area (Å²) in [5.41, 5.74) is 2.53. The number of aliphatic hydroxyl groups excluding tert-OH is 2. The van der Waals surface area contributed by atoms with E-state index in [1.807, 2.05) is 6.92 Å². The number of ketones is 2. The molecular formula is C26H31N3O9. The Hall–Kier alpha value is -3.90. The van der Waals surface area contributed by atoms with Crippen molar-refractivity contribution >= 4 is 29.3 Å². The number of amides is 2. The lowest BCUT2D eigenvalue weighted by atomic mass is 9.57. The Morgan fingerprint density at radius 2 is 1.89 bits per heavy atom. The predicted octanol–water partition coefficient (Wildman–Crippen LogP) is 0.600. The first-order chi connectivity index (χ1) is 17.9. The SMILES string of the molecule is CCCOC(=O)NCc1ccc(O)c2c1CC1CC3[C@H](N(C)C)C(=O)C(C(N)=O)=C(O)[C@@]3(O)C(=O)C1=C2O. The summed E-state index contributed by atoms with van der Waals surface area (Å²) in [7, 11) is 3.07. The van der Waals surface area contributed by atoms with Gasteiger partial charge < -0.3 is 36.2 Å². The first-order valence-corrected chi connectivity index (χ1v) is 12.2. The fourth-order valence-corrected chi connectivity index (χ4v) is 5.89. The van der Waals surface area contributed by atoms with Gasteiger partial charge in [-0.15, -0.1) is 0 Å². The molecule has 4 atom stereocenters. The maximum atomic E-state index is 13.8. The third-order valence-corrected chi connectivity index (χ3v) is 7.56. The third kappa shape index (κ3) is 4.00. The number of ether oxygens (including phenoxy) is 1. The number of aromatic hydroxyl groups is 1. The number of carbonyl (C=O) groups is 4. The number of hydrogen-bond acceptors (Lipinski definition) is 10. The highest BCUT2D eigenvalue weighted by Crippen LogP contribution is 2.52. The molecule has 0 saturated heterocycles. The van der Waals surface area contributed by atoms with Gasteiger partial charge in [0.1, 0.15) is 22.8 Å². The van der Waals surface area contributed by atoms with E-state index in [1.165, 1.54) is 25.1 Å². The Balaban J connectivity index is 1.83. The molecule has 1 fully saturated rings. The third-order valence-electron chi connectivity index (χ3n) is 7.56. The fourth-order valence-electron chi connectivity index (χ4n) is 5.89. The van der Waals surface area contributed by atoms with Gasteiger partial charge in [0, 0.05) is 18.0 Å². The standard InChI is InChI=1S/C26H31N3O9/c1-4-7-38-25(36)28-10-11-5-6-15(30)17-13(11)8-12-9-14-19(29(2)3)21(32)18(24(27)35)23(34)26(14,37)22(33)16(12)20(17)31/h5-6,12,14,19,30-31,34,37H,4,7-10H2,1-3H3,(H2,27,35)(H,28,36)/t12?,14?,19-,26-/m0/s1. The van der Waals surface area contributed by atoms with Crippen LogP contribution in [-0.4, -0.2) is 81.2 Å². The number of hydrogen-bond donors (Lipinski definition) is 6. The van der Waals surface area contributed by atoms with E-state index in [1.54, 1.807) is 6.07 Å². The molecule has 12 nitrogen and oxygen atoms in total. The van der Waals surface area contributed by atoms with Crippen LogP contribution in [0.2, 0.25) is 0 Å². The van der Waals surface area contributed by atoms with Crippen molar-refractivity contribution in [2.24, 2.45) is 17.6 Å². The summed E-state index contributed by atoms with van der Waals surface area (Å²) in [6.07, 6.45) is 0.121. The highest BCUT2D eigenvalue weighted by Gasteiger charge is 2.64. The van der Waals surface area contributed by atoms with Gasteiger partial charge in [0.2, 0.25) is 5.78 Å². The van der Waals surface area contributed by atoms with E-state index < -0.39 is 64.1 Å². The molecule has 38 heavy (non-hydrogen) atoms. The molecule has 7 N–H and O–H groups in total. The largest absolute Gasteiger partial charge is 0.508 e. The van der Waals surface area contributed by atoms with Crippen molar-refractivity contribution in [1.82, 2.24) is 10.2 Å². The van der Waals surface area contributed by atoms with Crippen LogP contribution < -0.4 is 11.1 Å². The molecule has 2 amide bonds. The van der Waals surface area contributed by atoms with E-state index in [2.05, 4.69) is 5.32 Å². The summed E-state index contributed by atoms with van der Waals surface area (Å²) in [6.45, 7) is 2.12. The van der Waals surface area contributed by atoms with E-state index in [9.17, 15) is 39.6 Å². The number of alkyl carbamates (subject to hydrolysis) is 1. The fraction of sp³-hybridized carbons (Fsp3) is 0.462. The summed E-state index contributed by atoms with van der Waals surface area (Å²) in [5.74, 6) is -7.11. The average molecular weight is 530 g/mol. The van der Waals surface area contributed by atoms with Crippen LogP contribution in [0, 0.1) is 11.8 Å². The van der Waals surface area contributed by atoms with Crippen molar-refractivity contribution < 1.29 is 44.3 Å². The van der Waals surface area contributed by atoms with Gasteiger partial charge >= 0.3 is 6.09 Å². The van der Waals surface area contributed by atoms with Crippen LogP contribution >= 0.6 is 0 Å². The van der Waals surface area contributed by atoms with E-state index >= 15 is 0 Å². The number of likely N-dealkylation sites (N-methyl/N-ethyl adjacent to an activating group) is 1. The molecule has 1 aromatic rings. The number of Topliss-reactive ketones (excluding diaryl/α,β-unsaturated/α-hetero) is 2. The molecule has 2 unspecified atom stereocenters. The molecule has 1 aromatic carbocycles. The molecule has 4 rings (SSSR count). The topological polar surface area (TPSA) is 200 Å². The lowest BCUT2D eigenvalue weighted by Crippen LogP contribution is -2.65. The number of rotatable bonds is 6. The molecule has 0 aliphatic heterocycles. The molecule has 12 heteroatoms. The predicted molar refractivity (Wildman–Crippen MR) is 133 cm³/mol. The molecule has 3 aliphatic rings. The molecule has 3 aliphatic carbocycles. The number of fused-ring (bicyclic) bond motifs is 3. The minimum Gasteiger partial charge on any atom is -0.508 e. The van der Waals surface area contributed by atoms with Gasteiger partial charge in [-0.05, 0) is 56.5 Å². The maximum Gasteiger partial charge on any atom is 0.407 e. The minimum absolute atomic E-state index is 0.0200. The summed E-state index contributed by atoms with van der Waals surface area (Å²) in [5, 5.41) is 46.9. The van der Waals surface area contributed by atoms with Crippen LogP contribution in [0.3, 0.4) is 0 Å². The van der Waals surface area contributed by atoms with Crippen molar-refractivity contribution in [3.63, 3.8) is 0 Å². The zero-order chi connectivity index (χ0) is 28.1. The second-order valence-corrected chi connectivity index (χ2v) is 10.0. The molecule has 0 bridgehead atoms. The summed E-state index contributed by atoms with van der Waals surface area (Å²) < 4.78 is 5.02. The number of phenolic OH excluding ortho intramolecular Hbond substituents is 1. The first kappa shape index (κ1) is 27.1. The van der Waals surface area contributed by atoms with Crippen LogP contribution in [0.1, 0.15) is 36.5 Å². The quantitative estimate of drug-likeness (QED) is 0.284. The van der Waals surface area contributed by atoms with E-state index in [4.69, 9.17) is 10.5 Å². The average Bonchev–Trinajstić information content (AvgIpc) is 2.84. The second kappa shape index (κ2) is 9.76. The number of nitrogens with one attached hydrogen (secondary N) is 1. The second-order valence-electron chi connectivity index (χ2n) is 10.0. The summed E-state index contributed by atoms with van der Waals surface area (Å²) >= 11 is 0. The normalized spacial score (nSPS) is 26.6. The van der Waals surface area contributed by atoms with Crippen molar-refractivity contribution in [3.8, 4) is 5.75 Å². The molecule has 0 radical (unpaired) electrons. The highest BCUT2D eigenvalue weighted by atomic mass is 16.5. The first-order valence-electron chi connectivity index (χ1n) is 12.2. The zero-order valence-corrected chi connectivity index (χ0v) is 21.3. The van der Waals surface area contributed by atoms with Crippen LogP contribution in [-0.2, 0) is 32.1 Å². The zero-order valence-electron chi connectivity index (χ0n) is 21.3. The number of primary amides is 1. The van der Waals surface area contributed by atoms with Crippen molar-refractivity contribution in [2.45, 2.75) is 44.4 Å². The van der Waals surface area contributed by atoms with Gasteiger partial charge in [0.05, 0.1) is 18.2 Å². The minimum atomic E-state index is -2.69. The Labute approximate surface area is 218 Å². The molecular weight excluding hydrogens is 498 g/mol. The molecule has 0 heterocycles. The number of benzene rings is 1. The Morgan fingerprint density at radius 1 is 1.21 bits per heavy atom. The molecule has 204 valence electrons. The van der Waals surface area contributed by atoms with Crippen LogP contribution in [0.25, 0.3) is 5.76 Å². The molecule has 0 aromatic heterocycles. The van der Waals surface area contributed by atoms with Crippen LogP contribution in [0.5, 0.6) is 5.75 Å².